The maximum Gasteiger partial charge on any atom is 0.338 e. The van der Waals surface area contributed by atoms with E-state index in [1.165, 1.54) is 36.4 Å². The lowest BCUT2D eigenvalue weighted by Gasteiger charge is -2.44. The largest absolute Gasteiger partial charge is 0.453 e. The van der Waals surface area contributed by atoms with E-state index in [4.69, 9.17) is 87.6 Å². The molecule has 0 radical (unpaired) electrons. The van der Waals surface area contributed by atoms with Gasteiger partial charge in [-0.05, 0) is 42.0 Å². The number of alkyl halides is 3. The van der Waals surface area contributed by atoms with Crippen LogP contribution in [0.5, 0.6) is 0 Å². The van der Waals surface area contributed by atoms with E-state index < -0.39 is 94.8 Å². The SMILES string of the molecule is CC(=O)O[C@H]1[C@H](OC[C@H]2O[C@H](OC(=N)C(Cl)(Cl)Cl)[C@H](OC(=O)c3ccccc3)[C@@H](OC(=O)c3ccccc3)[C@@H]2OC(=O)c2ccccc2)OC[C@@]1(COCc1ccccc1)OC(C)=O. The summed E-state index contributed by atoms with van der Waals surface area (Å²) in [6.45, 7) is 1.05. The Kier molecular flexibility index (Phi) is 16.4. The van der Waals surface area contributed by atoms with E-state index in [1.807, 2.05) is 30.3 Å². The zero-order valence-electron chi connectivity index (χ0n) is 34.2. The van der Waals surface area contributed by atoms with Gasteiger partial charge >= 0.3 is 29.8 Å². The van der Waals surface area contributed by atoms with Crippen LogP contribution in [0.4, 0.5) is 0 Å². The third-order valence-corrected chi connectivity index (χ3v) is 10.1. The van der Waals surface area contributed by atoms with Crippen LogP contribution < -0.4 is 0 Å². The second-order valence-corrected chi connectivity index (χ2v) is 16.7. The highest BCUT2D eigenvalue weighted by molar-refractivity contribution is 6.76. The standard InChI is InChI=1S/C45H42Cl3NO15/c1-27(50)58-37-42(57-26-44(37,64-28(2)51)25-55-23-29-15-7-3-8-16-29)56-24-33-34(60-38(52)30-17-9-4-10-18-30)35(61-39(53)31-19-11-5-12-20-31)36(41(59-33)63-43(49)45(46,47)48)62-40(54)32-21-13-6-14-22-32/h3-22,33-37,41-42,49H,23-26H2,1-2H3/t33-,34-,35+,36-,37+,41-,42-,44-/m1/s1. The molecule has 4 aromatic carbocycles. The molecule has 2 aliphatic heterocycles. The van der Waals surface area contributed by atoms with Crippen molar-refractivity contribution in [3.05, 3.63) is 144 Å². The molecule has 2 saturated heterocycles. The fourth-order valence-electron chi connectivity index (χ4n) is 6.74. The second-order valence-electron chi connectivity index (χ2n) is 14.4. The first-order chi connectivity index (χ1) is 30.6. The zero-order chi connectivity index (χ0) is 45.9. The van der Waals surface area contributed by atoms with E-state index in [1.54, 1.807) is 54.6 Å². The Morgan fingerprint density at radius 1 is 0.641 bits per heavy atom. The van der Waals surface area contributed by atoms with Crippen molar-refractivity contribution in [3.8, 4) is 0 Å². The molecule has 16 nitrogen and oxygen atoms in total. The van der Waals surface area contributed by atoms with Crippen LogP contribution in [0.1, 0.15) is 50.5 Å². The molecule has 0 aliphatic carbocycles. The highest BCUT2D eigenvalue weighted by Gasteiger charge is 2.58. The van der Waals surface area contributed by atoms with E-state index in [2.05, 4.69) is 0 Å². The predicted octanol–water partition coefficient (Wildman–Crippen LogP) is 6.58. The molecule has 2 aliphatic rings. The smallest absolute Gasteiger partial charge is 0.338 e. The molecule has 338 valence electrons. The minimum Gasteiger partial charge on any atom is -0.453 e. The molecule has 0 spiro atoms. The number of esters is 5. The Labute approximate surface area is 382 Å². The summed E-state index contributed by atoms with van der Waals surface area (Å²) in [5.41, 5.74) is -0.751. The highest BCUT2D eigenvalue weighted by Crippen LogP contribution is 2.37. The van der Waals surface area contributed by atoms with Crippen molar-refractivity contribution in [2.75, 3.05) is 19.8 Å². The lowest BCUT2D eigenvalue weighted by atomic mass is 9.97. The quantitative estimate of drug-likeness (QED) is 0.0415. The van der Waals surface area contributed by atoms with Gasteiger partial charge in [0.2, 0.25) is 18.3 Å². The summed E-state index contributed by atoms with van der Waals surface area (Å²) in [6, 6.07) is 32.4. The van der Waals surface area contributed by atoms with Crippen molar-refractivity contribution in [3.63, 3.8) is 0 Å². The van der Waals surface area contributed by atoms with E-state index in [-0.39, 0.29) is 36.5 Å². The lowest BCUT2D eigenvalue weighted by molar-refractivity contribution is -0.291. The van der Waals surface area contributed by atoms with Crippen LogP contribution >= 0.6 is 34.8 Å². The third kappa shape index (κ3) is 12.6. The van der Waals surface area contributed by atoms with Crippen molar-refractivity contribution < 1.29 is 71.3 Å². The molecule has 8 atom stereocenters. The number of halogens is 3. The van der Waals surface area contributed by atoms with Crippen LogP contribution in [0.25, 0.3) is 0 Å². The number of ether oxygens (including phenoxy) is 10. The van der Waals surface area contributed by atoms with Crippen molar-refractivity contribution in [2.24, 2.45) is 0 Å². The summed E-state index contributed by atoms with van der Waals surface area (Å²) in [5.74, 6) is -5.38. The number of rotatable bonds is 16. The van der Waals surface area contributed by atoms with Crippen LogP contribution in [0.3, 0.4) is 0 Å². The van der Waals surface area contributed by atoms with Gasteiger partial charge in [-0.3, -0.25) is 15.0 Å². The summed E-state index contributed by atoms with van der Waals surface area (Å²) < 4.78 is 57.1. The molecule has 0 unspecified atom stereocenters. The predicted molar refractivity (Wildman–Crippen MR) is 227 cm³/mol. The third-order valence-electron chi connectivity index (χ3n) is 9.62. The summed E-state index contributed by atoms with van der Waals surface area (Å²) in [5, 5.41) is 8.45. The first-order valence-corrected chi connectivity index (χ1v) is 20.7. The van der Waals surface area contributed by atoms with Crippen LogP contribution in [0, 0.1) is 5.41 Å². The molecular formula is C45H42Cl3NO15. The number of hydrogen-bond acceptors (Lipinski definition) is 16. The summed E-state index contributed by atoms with van der Waals surface area (Å²) in [4.78, 5) is 66.7. The van der Waals surface area contributed by atoms with E-state index in [0.717, 1.165) is 19.4 Å². The van der Waals surface area contributed by atoms with Crippen molar-refractivity contribution in [1.29, 1.82) is 5.41 Å². The van der Waals surface area contributed by atoms with E-state index >= 15 is 0 Å². The summed E-state index contributed by atoms with van der Waals surface area (Å²) in [6.07, 6.45) is -11.8. The van der Waals surface area contributed by atoms with Gasteiger partial charge < -0.3 is 47.4 Å². The number of carbonyl (C=O) groups is 5. The Hall–Kier alpha value is -5.59. The molecule has 0 saturated carbocycles. The average Bonchev–Trinajstić information content (AvgIpc) is 3.59. The normalized spacial score (nSPS) is 24.1. The van der Waals surface area contributed by atoms with Gasteiger partial charge in [0.15, 0.2) is 30.2 Å². The highest BCUT2D eigenvalue weighted by atomic mass is 35.6. The molecule has 2 heterocycles. The van der Waals surface area contributed by atoms with Crippen molar-refractivity contribution in [2.45, 2.75) is 72.9 Å². The van der Waals surface area contributed by atoms with E-state index in [9.17, 15) is 24.0 Å². The molecule has 2 fully saturated rings. The number of carbonyl (C=O) groups excluding carboxylic acids is 5. The Morgan fingerprint density at radius 2 is 1.12 bits per heavy atom. The monoisotopic (exact) mass is 941 g/mol. The van der Waals surface area contributed by atoms with Gasteiger partial charge in [0.1, 0.15) is 6.10 Å². The Bertz CT molecular complexity index is 2230. The number of nitrogens with one attached hydrogen (secondary N) is 1. The minimum absolute atomic E-state index is 0.0491. The molecule has 1 N–H and O–H groups in total. The van der Waals surface area contributed by atoms with E-state index in [0.29, 0.717) is 0 Å². The second kappa shape index (κ2) is 21.9. The van der Waals surface area contributed by atoms with Crippen LogP contribution in [0.2, 0.25) is 0 Å². The molecule has 19 heteroatoms. The molecule has 6 rings (SSSR count). The zero-order valence-corrected chi connectivity index (χ0v) is 36.4. The maximum atomic E-state index is 13.9. The van der Waals surface area contributed by atoms with Crippen molar-refractivity contribution in [1.82, 2.24) is 0 Å². The average molecular weight is 943 g/mol. The minimum atomic E-state index is -2.48. The van der Waals surface area contributed by atoms with Gasteiger partial charge in [0.25, 0.3) is 3.79 Å². The summed E-state index contributed by atoms with van der Waals surface area (Å²) >= 11 is 18.1. The van der Waals surface area contributed by atoms with Gasteiger partial charge in [-0.25, -0.2) is 14.4 Å². The Balaban J connectivity index is 1.38. The first-order valence-electron chi connectivity index (χ1n) is 19.6. The van der Waals surface area contributed by atoms with Crippen LogP contribution in [-0.4, -0.2) is 108 Å². The van der Waals surface area contributed by atoms with Gasteiger partial charge in [0, 0.05) is 13.8 Å². The number of hydrogen-bond donors (Lipinski definition) is 1. The first kappa shape index (κ1) is 47.9. The lowest BCUT2D eigenvalue weighted by Crippen LogP contribution is -2.63. The molecule has 0 aromatic heterocycles. The van der Waals surface area contributed by atoms with Crippen molar-refractivity contribution >= 4 is 70.5 Å². The molecule has 64 heavy (non-hydrogen) atoms. The topological polar surface area (TPSA) is 201 Å². The molecule has 4 aromatic rings. The van der Waals surface area contributed by atoms with Gasteiger partial charge in [-0.1, -0.05) is 120 Å². The molecule has 0 amide bonds. The van der Waals surface area contributed by atoms with Gasteiger partial charge in [-0.15, -0.1) is 0 Å². The Morgan fingerprint density at radius 3 is 1.61 bits per heavy atom. The molecule has 0 bridgehead atoms. The van der Waals surface area contributed by atoms with Gasteiger partial charge in [0.05, 0.1) is 43.1 Å². The fourth-order valence-corrected chi connectivity index (χ4v) is 6.87. The fraction of sp³-hybridized carbons (Fsp3) is 0.333. The maximum absolute atomic E-state index is 13.9. The number of benzene rings is 4. The molecular weight excluding hydrogens is 901 g/mol. The van der Waals surface area contributed by atoms with Crippen LogP contribution in [0.15, 0.2) is 121 Å². The van der Waals surface area contributed by atoms with Crippen LogP contribution in [-0.2, 0) is 63.6 Å². The summed E-state index contributed by atoms with van der Waals surface area (Å²) in [7, 11) is 0. The van der Waals surface area contributed by atoms with Gasteiger partial charge in [-0.2, -0.15) is 0 Å².